The number of hydrogen-bond donors (Lipinski definition) is 2. The number of benzene rings is 1. The van der Waals surface area contributed by atoms with Crippen molar-refractivity contribution < 1.29 is 9.90 Å². The molecule has 0 radical (unpaired) electrons. The second-order valence-corrected chi connectivity index (χ2v) is 8.42. The van der Waals surface area contributed by atoms with Crippen molar-refractivity contribution >= 4 is 23.2 Å². The Hall–Kier alpha value is -1.82. The highest BCUT2D eigenvalue weighted by Crippen LogP contribution is 2.33. The van der Waals surface area contributed by atoms with Crippen LogP contribution in [-0.4, -0.2) is 60.3 Å². The van der Waals surface area contributed by atoms with Crippen LogP contribution in [0.1, 0.15) is 19.8 Å². The Labute approximate surface area is 171 Å². The van der Waals surface area contributed by atoms with Gasteiger partial charge < -0.3 is 15.3 Å². The van der Waals surface area contributed by atoms with Crippen molar-refractivity contribution in [3.8, 4) is 0 Å². The van der Waals surface area contributed by atoms with Crippen LogP contribution in [0.2, 0.25) is 0 Å². The van der Waals surface area contributed by atoms with Crippen molar-refractivity contribution in [3.05, 3.63) is 53.1 Å². The number of amides is 1. The van der Waals surface area contributed by atoms with Crippen LogP contribution >= 0.6 is 11.6 Å². The SMILES string of the molecule is CC(C(O)C1=CC2CCC(=O)NC2C(Cl)=C1)N1CCN(c2ccccc2)CC1. The predicted molar refractivity (Wildman–Crippen MR) is 112 cm³/mol. The summed E-state index contributed by atoms with van der Waals surface area (Å²) < 4.78 is 0. The van der Waals surface area contributed by atoms with Crippen LogP contribution in [0, 0.1) is 5.92 Å². The van der Waals surface area contributed by atoms with Gasteiger partial charge in [0, 0.05) is 55.3 Å². The summed E-state index contributed by atoms with van der Waals surface area (Å²) in [5, 5.41) is 14.6. The molecule has 0 aromatic heterocycles. The predicted octanol–water partition coefficient (Wildman–Crippen LogP) is 2.52. The normalized spacial score (nSPS) is 28.0. The minimum atomic E-state index is -0.587. The van der Waals surface area contributed by atoms with Gasteiger partial charge in [0.05, 0.1) is 12.1 Å². The largest absolute Gasteiger partial charge is 0.387 e. The number of piperazine rings is 1. The van der Waals surface area contributed by atoms with E-state index in [1.54, 1.807) is 0 Å². The van der Waals surface area contributed by atoms with Gasteiger partial charge in [-0.2, -0.15) is 0 Å². The number of aliphatic hydroxyl groups excluding tert-OH is 1. The molecule has 4 unspecified atom stereocenters. The second kappa shape index (κ2) is 8.27. The second-order valence-electron chi connectivity index (χ2n) is 7.99. The molecule has 2 heterocycles. The lowest BCUT2D eigenvalue weighted by molar-refractivity contribution is -0.123. The molecule has 5 nitrogen and oxygen atoms in total. The molecule has 1 aliphatic carbocycles. The van der Waals surface area contributed by atoms with Crippen molar-refractivity contribution in [2.24, 2.45) is 5.92 Å². The van der Waals surface area contributed by atoms with Crippen molar-refractivity contribution in [1.82, 2.24) is 10.2 Å². The topological polar surface area (TPSA) is 55.8 Å². The van der Waals surface area contributed by atoms with E-state index in [4.69, 9.17) is 11.6 Å². The average Bonchev–Trinajstić information content (AvgIpc) is 2.74. The van der Waals surface area contributed by atoms with Crippen LogP contribution in [0.15, 0.2) is 53.1 Å². The first-order chi connectivity index (χ1) is 13.5. The summed E-state index contributed by atoms with van der Waals surface area (Å²) in [6.07, 6.45) is 4.66. The van der Waals surface area contributed by atoms with Gasteiger partial charge in [0.15, 0.2) is 0 Å². The molecule has 1 aromatic carbocycles. The van der Waals surface area contributed by atoms with Gasteiger partial charge in [-0.05, 0) is 37.1 Å². The van der Waals surface area contributed by atoms with E-state index in [9.17, 15) is 9.90 Å². The Bertz CT molecular complexity index is 771. The fourth-order valence-corrected chi connectivity index (χ4v) is 4.85. The molecular formula is C22H28ClN3O2. The summed E-state index contributed by atoms with van der Waals surface area (Å²) >= 11 is 6.45. The lowest BCUT2D eigenvalue weighted by atomic mass is 9.82. The standard InChI is InChI=1S/C22H28ClN3O2/c1-15(25-9-11-26(12-10-25)18-5-3-2-4-6-18)22(28)17-13-16-7-8-20(27)24-21(16)19(23)14-17/h2-6,13-16,21-22,28H,7-12H2,1H3,(H,24,27). The Kier molecular flexibility index (Phi) is 5.76. The molecule has 28 heavy (non-hydrogen) atoms. The Morgan fingerprint density at radius 1 is 1.18 bits per heavy atom. The number of carbonyl (C=O) groups excluding carboxylic acids is 1. The summed E-state index contributed by atoms with van der Waals surface area (Å²) in [7, 11) is 0. The van der Waals surface area contributed by atoms with Gasteiger partial charge in [-0.15, -0.1) is 0 Å². The van der Waals surface area contributed by atoms with Gasteiger partial charge >= 0.3 is 0 Å². The van der Waals surface area contributed by atoms with Crippen LogP contribution in [-0.2, 0) is 4.79 Å². The third kappa shape index (κ3) is 3.97. The Balaban J connectivity index is 1.39. The highest BCUT2D eigenvalue weighted by molar-refractivity contribution is 6.30. The molecule has 150 valence electrons. The number of nitrogens with zero attached hydrogens (tertiary/aromatic N) is 2. The van der Waals surface area contributed by atoms with E-state index in [1.807, 2.05) is 12.1 Å². The minimum absolute atomic E-state index is 0.0135. The Morgan fingerprint density at radius 3 is 2.61 bits per heavy atom. The molecule has 0 spiro atoms. The number of fused-ring (bicyclic) bond motifs is 1. The zero-order valence-corrected chi connectivity index (χ0v) is 17.0. The summed E-state index contributed by atoms with van der Waals surface area (Å²) in [4.78, 5) is 16.4. The number of nitrogens with one attached hydrogen (secondary N) is 1. The Morgan fingerprint density at radius 2 is 1.89 bits per heavy atom. The van der Waals surface area contributed by atoms with Crippen LogP contribution in [0.5, 0.6) is 0 Å². The lowest BCUT2D eigenvalue weighted by Crippen LogP contribution is -2.53. The van der Waals surface area contributed by atoms with Gasteiger partial charge in [-0.25, -0.2) is 0 Å². The zero-order chi connectivity index (χ0) is 19.7. The fourth-order valence-electron chi connectivity index (χ4n) is 4.50. The third-order valence-electron chi connectivity index (χ3n) is 6.27. The molecule has 2 aliphatic heterocycles. The number of aliphatic hydroxyl groups is 1. The van der Waals surface area contributed by atoms with Crippen LogP contribution in [0.3, 0.4) is 0 Å². The van der Waals surface area contributed by atoms with Crippen LogP contribution in [0.25, 0.3) is 0 Å². The number of halogens is 1. The van der Waals surface area contributed by atoms with E-state index in [0.29, 0.717) is 11.5 Å². The van der Waals surface area contributed by atoms with Crippen molar-refractivity contribution in [3.63, 3.8) is 0 Å². The summed E-state index contributed by atoms with van der Waals surface area (Å²) in [5.74, 6) is 0.219. The van der Waals surface area contributed by atoms with Gasteiger partial charge in [0.2, 0.25) is 5.91 Å². The van der Waals surface area contributed by atoms with Crippen molar-refractivity contribution in [2.75, 3.05) is 31.1 Å². The first kappa shape index (κ1) is 19.5. The van der Waals surface area contributed by atoms with E-state index in [2.05, 4.69) is 52.4 Å². The molecule has 4 atom stereocenters. The first-order valence-electron chi connectivity index (χ1n) is 10.1. The first-order valence-corrected chi connectivity index (χ1v) is 10.5. The maximum Gasteiger partial charge on any atom is 0.220 e. The molecule has 0 bridgehead atoms. The molecule has 6 heteroatoms. The molecule has 2 saturated heterocycles. The maximum atomic E-state index is 11.6. The number of piperidine rings is 1. The van der Waals surface area contributed by atoms with Crippen LogP contribution < -0.4 is 10.2 Å². The van der Waals surface area contributed by atoms with Crippen molar-refractivity contribution in [1.29, 1.82) is 0 Å². The van der Waals surface area contributed by atoms with Gasteiger partial charge in [0.1, 0.15) is 0 Å². The summed E-state index contributed by atoms with van der Waals surface area (Å²) in [6.45, 7) is 5.82. The number of carbonyl (C=O) groups is 1. The average molecular weight is 402 g/mol. The number of para-hydroxylation sites is 1. The van der Waals surface area contributed by atoms with E-state index in [-0.39, 0.29) is 23.9 Å². The quantitative estimate of drug-likeness (QED) is 0.814. The van der Waals surface area contributed by atoms with E-state index < -0.39 is 6.10 Å². The van der Waals surface area contributed by atoms with Gasteiger partial charge in [-0.1, -0.05) is 35.9 Å². The maximum absolute atomic E-state index is 11.6. The lowest BCUT2D eigenvalue weighted by Gasteiger charge is -2.41. The molecule has 3 aliphatic rings. The molecule has 4 rings (SSSR count). The minimum Gasteiger partial charge on any atom is -0.387 e. The van der Waals surface area contributed by atoms with Gasteiger partial charge in [-0.3, -0.25) is 9.69 Å². The highest BCUT2D eigenvalue weighted by Gasteiger charge is 2.35. The fraction of sp³-hybridized carbons (Fsp3) is 0.500. The van der Waals surface area contributed by atoms with E-state index >= 15 is 0 Å². The number of rotatable bonds is 4. The highest BCUT2D eigenvalue weighted by atomic mass is 35.5. The van der Waals surface area contributed by atoms with E-state index in [1.165, 1.54) is 5.69 Å². The number of hydrogen-bond acceptors (Lipinski definition) is 4. The smallest absolute Gasteiger partial charge is 0.220 e. The molecule has 1 amide bonds. The molecular weight excluding hydrogens is 374 g/mol. The van der Waals surface area contributed by atoms with Crippen molar-refractivity contribution in [2.45, 2.75) is 38.0 Å². The number of anilines is 1. The van der Waals surface area contributed by atoms with Crippen LogP contribution in [0.4, 0.5) is 5.69 Å². The summed E-state index contributed by atoms with van der Waals surface area (Å²) in [6, 6.07) is 10.3. The monoisotopic (exact) mass is 401 g/mol. The summed E-state index contributed by atoms with van der Waals surface area (Å²) in [5.41, 5.74) is 2.13. The van der Waals surface area contributed by atoms with Gasteiger partial charge in [0.25, 0.3) is 0 Å². The molecule has 2 fully saturated rings. The zero-order valence-electron chi connectivity index (χ0n) is 16.2. The molecule has 0 saturated carbocycles. The molecule has 1 aromatic rings. The molecule has 2 N–H and O–H groups in total. The third-order valence-corrected chi connectivity index (χ3v) is 6.61. The van der Waals surface area contributed by atoms with E-state index in [0.717, 1.165) is 38.2 Å².